The zero-order valence-corrected chi connectivity index (χ0v) is 13.9. The number of thiophene rings is 1. The van der Waals surface area contributed by atoms with Gasteiger partial charge >= 0.3 is 0 Å². The van der Waals surface area contributed by atoms with Crippen LogP contribution in [-0.4, -0.2) is 20.3 Å². The first kappa shape index (κ1) is 15.9. The summed E-state index contributed by atoms with van der Waals surface area (Å²) >= 11 is 1.82. The molecule has 21 heavy (non-hydrogen) atoms. The largest absolute Gasteiger partial charge is 0.489 e. The van der Waals surface area contributed by atoms with E-state index in [-0.39, 0.29) is 6.04 Å². The van der Waals surface area contributed by atoms with E-state index in [1.54, 1.807) is 7.11 Å². The van der Waals surface area contributed by atoms with E-state index in [4.69, 9.17) is 9.47 Å². The first-order chi connectivity index (χ1) is 10.1. The van der Waals surface area contributed by atoms with Gasteiger partial charge in [0.25, 0.3) is 0 Å². The fourth-order valence-corrected chi connectivity index (χ4v) is 2.97. The number of rotatable bonds is 7. The summed E-state index contributed by atoms with van der Waals surface area (Å²) in [6, 6.07) is 10.8. The van der Waals surface area contributed by atoms with Crippen molar-refractivity contribution < 1.29 is 9.47 Å². The van der Waals surface area contributed by atoms with E-state index in [2.05, 4.69) is 56.4 Å². The van der Waals surface area contributed by atoms with Crippen LogP contribution in [0.3, 0.4) is 0 Å². The monoisotopic (exact) mass is 305 g/mol. The molecule has 0 fully saturated rings. The van der Waals surface area contributed by atoms with Gasteiger partial charge in [0.1, 0.15) is 12.4 Å². The van der Waals surface area contributed by atoms with Gasteiger partial charge in [0, 0.05) is 16.9 Å². The Morgan fingerprint density at radius 2 is 1.95 bits per heavy atom. The van der Waals surface area contributed by atoms with Crippen LogP contribution in [0.25, 0.3) is 0 Å². The predicted molar refractivity (Wildman–Crippen MR) is 89.6 cm³/mol. The summed E-state index contributed by atoms with van der Waals surface area (Å²) < 4.78 is 10.9. The van der Waals surface area contributed by atoms with Crippen LogP contribution in [0.2, 0.25) is 0 Å². The molecule has 0 saturated carbocycles. The van der Waals surface area contributed by atoms with Gasteiger partial charge in [-0.15, -0.1) is 11.3 Å². The minimum atomic E-state index is 0.260. The van der Waals surface area contributed by atoms with Crippen LogP contribution in [0.1, 0.15) is 28.3 Å². The predicted octanol–water partition coefficient (Wildman–Crippen LogP) is 4.56. The Kier molecular flexibility index (Phi) is 5.65. The number of methoxy groups -OCH3 is 1. The summed E-state index contributed by atoms with van der Waals surface area (Å²) in [5, 5.41) is 3.54. The second-order valence-corrected chi connectivity index (χ2v) is 6.47. The van der Waals surface area contributed by atoms with Crippen LogP contribution in [0.15, 0.2) is 30.3 Å². The molecule has 2 aromatic rings. The highest BCUT2D eigenvalue weighted by atomic mass is 32.1. The molecule has 0 aliphatic heterocycles. The highest BCUT2D eigenvalue weighted by Gasteiger charge is 2.11. The number of aryl methyl sites for hydroxylation is 2. The molecule has 0 radical (unpaired) electrons. The van der Waals surface area contributed by atoms with Crippen molar-refractivity contribution in [2.75, 3.05) is 25.6 Å². The fourth-order valence-electron chi connectivity index (χ4n) is 2.09. The maximum Gasteiger partial charge on any atom is 0.142 e. The van der Waals surface area contributed by atoms with Gasteiger partial charge in [0.05, 0.1) is 18.3 Å². The normalized spacial score (nSPS) is 12.2. The molecule has 1 aromatic heterocycles. The first-order valence-electron chi connectivity index (χ1n) is 7.15. The third-order valence-electron chi connectivity index (χ3n) is 3.24. The maximum absolute atomic E-state index is 5.82. The van der Waals surface area contributed by atoms with Crippen LogP contribution in [-0.2, 0) is 4.74 Å². The molecule has 1 heterocycles. The van der Waals surface area contributed by atoms with Crippen molar-refractivity contribution in [3.8, 4) is 5.75 Å². The molecular weight excluding hydrogens is 282 g/mol. The molecule has 114 valence electrons. The van der Waals surface area contributed by atoms with Crippen LogP contribution in [0.5, 0.6) is 5.75 Å². The Morgan fingerprint density at radius 1 is 1.14 bits per heavy atom. The quantitative estimate of drug-likeness (QED) is 0.760. The van der Waals surface area contributed by atoms with E-state index >= 15 is 0 Å². The molecule has 0 saturated heterocycles. The standard InChI is InChI=1S/C17H23NO2S/c1-12-5-7-15(16(11-12)20-10-9-19-4)18-14(3)17-8-6-13(2)21-17/h5-8,11,14,18H,9-10H2,1-4H3. The van der Waals surface area contributed by atoms with Gasteiger partial charge in [-0.05, 0) is 50.6 Å². The van der Waals surface area contributed by atoms with Crippen molar-refractivity contribution in [2.45, 2.75) is 26.8 Å². The molecule has 2 rings (SSSR count). The van der Waals surface area contributed by atoms with Crippen molar-refractivity contribution in [1.82, 2.24) is 0 Å². The lowest BCUT2D eigenvalue weighted by Crippen LogP contribution is -2.09. The Labute approximate surface area is 130 Å². The first-order valence-corrected chi connectivity index (χ1v) is 7.97. The highest BCUT2D eigenvalue weighted by Crippen LogP contribution is 2.31. The van der Waals surface area contributed by atoms with E-state index in [1.165, 1.54) is 15.3 Å². The molecule has 4 heteroatoms. The Hall–Kier alpha value is -1.52. The zero-order chi connectivity index (χ0) is 15.2. The summed E-state index contributed by atoms with van der Waals surface area (Å²) in [6.45, 7) is 7.52. The summed E-state index contributed by atoms with van der Waals surface area (Å²) in [7, 11) is 1.68. The molecule has 0 spiro atoms. The minimum absolute atomic E-state index is 0.260. The summed E-state index contributed by atoms with van der Waals surface area (Å²) in [5.74, 6) is 0.882. The van der Waals surface area contributed by atoms with Crippen molar-refractivity contribution >= 4 is 17.0 Å². The van der Waals surface area contributed by atoms with Crippen LogP contribution in [0.4, 0.5) is 5.69 Å². The van der Waals surface area contributed by atoms with Gasteiger partial charge in [0.2, 0.25) is 0 Å². The number of anilines is 1. The van der Waals surface area contributed by atoms with Crippen molar-refractivity contribution in [3.63, 3.8) is 0 Å². The van der Waals surface area contributed by atoms with Gasteiger partial charge in [-0.25, -0.2) is 0 Å². The Bertz CT molecular complexity index is 580. The summed E-state index contributed by atoms with van der Waals surface area (Å²) in [5.41, 5.74) is 2.21. The number of hydrogen-bond donors (Lipinski definition) is 1. The number of nitrogens with one attached hydrogen (secondary N) is 1. The Balaban J connectivity index is 2.10. The number of ether oxygens (including phenoxy) is 2. The van der Waals surface area contributed by atoms with Gasteiger partial charge in [0.15, 0.2) is 0 Å². The molecule has 0 amide bonds. The lowest BCUT2D eigenvalue weighted by atomic mass is 10.2. The van der Waals surface area contributed by atoms with Crippen molar-refractivity contribution in [2.24, 2.45) is 0 Å². The Morgan fingerprint density at radius 3 is 2.62 bits per heavy atom. The van der Waals surface area contributed by atoms with Crippen molar-refractivity contribution in [3.05, 3.63) is 45.6 Å². The third-order valence-corrected chi connectivity index (χ3v) is 4.43. The molecule has 0 bridgehead atoms. The van der Waals surface area contributed by atoms with Gasteiger partial charge < -0.3 is 14.8 Å². The van der Waals surface area contributed by atoms with E-state index < -0.39 is 0 Å². The van der Waals surface area contributed by atoms with E-state index in [0.717, 1.165) is 11.4 Å². The maximum atomic E-state index is 5.82. The summed E-state index contributed by atoms with van der Waals surface area (Å²) in [4.78, 5) is 2.66. The topological polar surface area (TPSA) is 30.5 Å². The van der Waals surface area contributed by atoms with E-state index in [1.807, 2.05) is 11.3 Å². The zero-order valence-electron chi connectivity index (χ0n) is 13.1. The van der Waals surface area contributed by atoms with Crippen molar-refractivity contribution in [1.29, 1.82) is 0 Å². The molecule has 0 aliphatic carbocycles. The smallest absolute Gasteiger partial charge is 0.142 e. The summed E-state index contributed by atoms with van der Waals surface area (Å²) in [6.07, 6.45) is 0. The molecule has 1 aromatic carbocycles. The van der Waals surface area contributed by atoms with Gasteiger partial charge in [-0.3, -0.25) is 0 Å². The molecule has 1 N–H and O–H groups in total. The lowest BCUT2D eigenvalue weighted by Gasteiger charge is -2.18. The molecular formula is C17H23NO2S. The van der Waals surface area contributed by atoms with Crippen LogP contribution in [0, 0.1) is 13.8 Å². The second-order valence-electron chi connectivity index (χ2n) is 5.16. The number of hydrogen-bond acceptors (Lipinski definition) is 4. The molecule has 3 nitrogen and oxygen atoms in total. The van der Waals surface area contributed by atoms with Gasteiger partial charge in [-0.2, -0.15) is 0 Å². The van der Waals surface area contributed by atoms with Crippen LogP contribution >= 0.6 is 11.3 Å². The minimum Gasteiger partial charge on any atom is -0.489 e. The lowest BCUT2D eigenvalue weighted by molar-refractivity contribution is 0.146. The molecule has 1 atom stereocenters. The molecule has 1 unspecified atom stereocenters. The fraction of sp³-hybridized carbons (Fsp3) is 0.412. The average Bonchev–Trinajstić information content (AvgIpc) is 2.88. The number of benzene rings is 1. The molecule has 0 aliphatic rings. The average molecular weight is 305 g/mol. The SMILES string of the molecule is COCCOc1cc(C)ccc1NC(C)c1ccc(C)s1. The highest BCUT2D eigenvalue weighted by molar-refractivity contribution is 7.12. The van der Waals surface area contributed by atoms with E-state index in [9.17, 15) is 0 Å². The third kappa shape index (κ3) is 4.48. The second kappa shape index (κ2) is 7.48. The van der Waals surface area contributed by atoms with Crippen LogP contribution < -0.4 is 10.1 Å². The van der Waals surface area contributed by atoms with E-state index in [0.29, 0.717) is 13.2 Å². The van der Waals surface area contributed by atoms with Gasteiger partial charge in [-0.1, -0.05) is 6.07 Å².